The third-order valence-electron chi connectivity index (χ3n) is 2.66. The number of hydrogen-bond acceptors (Lipinski definition) is 3. The molecule has 1 aromatic heterocycles. The van der Waals surface area contributed by atoms with Gasteiger partial charge in [0.2, 0.25) is 0 Å². The number of carbonyl (C=O) groups excluding carboxylic acids is 1. The van der Waals surface area contributed by atoms with Crippen LogP contribution in [0.1, 0.15) is 13.3 Å². The molecule has 2 amide bonds. The molecule has 0 aliphatic rings. The van der Waals surface area contributed by atoms with Gasteiger partial charge in [0.15, 0.2) is 0 Å². The van der Waals surface area contributed by atoms with Gasteiger partial charge in [-0.3, -0.25) is 0 Å². The summed E-state index contributed by atoms with van der Waals surface area (Å²) in [6.07, 6.45) is 3.95. The van der Waals surface area contributed by atoms with Crippen LogP contribution in [0.3, 0.4) is 0 Å². The van der Waals surface area contributed by atoms with Gasteiger partial charge < -0.3 is 15.5 Å². The molecular formula is C14H14N2O3. The number of fused-ring (bicyclic) bond motifs is 1. The van der Waals surface area contributed by atoms with E-state index in [2.05, 4.69) is 5.32 Å². The Morgan fingerprint density at radius 2 is 2.11 bits per heavy atom. The standard InChI is InChI=1S/C14H14N2O3/c1-2-5-9-10-6-3-4-7-12(10)19-13(17)11(9)8-16-14(15)18/h3-8H,2H2,1H3,(H3,15,16,18)/b9-5+,11-8-. The number of amides is 2. The fraction of sp³-hybridized carbons (Fsp3) is 0.143. The normalized spacial score (nSPS) is 12.9. The van der Waals surface area contributed by atoms with Crippen LogP contribution in [0.25, 0.3) is 23.2 Å². The second kappa shape index (κ2) is 5.39. The average Bonchev–Trinajstić information content (AvgIpc) is 2.38. The van der Waals surface area contributed by atoms with Gasteiger partial charge in [-0.2, -0.15) is 0 Å². The number of nitrogens with one attached hydrogen (secondary N) is 1. The molecule has 0 aliphatic heterocycles. The number of rotatable bonds is 2. The van der Waals surface area contributed by atoms with E-state index in [4.69, 9.17) is 10.2 Å². The van der Waals surface area contributed by atoms with Crippen molar-refractivity contribution >= 4 is 29.3 Å². The van der Waals surface area contributed by atoms with Gasteiger partial charge in [0, 0.05) is 11.6 Å². The highest BCUT2D eigenvalue weighted by atomic mass is 16.4. The summed E-state index contributed by atoms with van der Waals surface area (Å²) < 4.78 is 5.21. The molecule has 5 heteroatoms. The third-order valence-corrected chi connectivity index (χ3v) is 2.66. The van der Waals surface area contributed by atoms with Crippen molar-refractivity contribution in [2.24, 2.45) is 5.73 Å². The SMILES string of the molecule is CC/C=c1/c(=C/NC(N)=O)c(=O)oc2ccccc12. The maximum Gasteiger partial charge on any atom is 0.345 e. The topological polar surface area (TPSA) is 85.3 Å². The lowest BCUT2D eigenvalue weighted by molar-refractivity contribution is 0.253. The molecule has 0 atom stereocenters. The molecular weight excluding hydrogens is 244 g/mol. The molecule has 2 rings (SSSR count). The first-order valence-electron chi connectivity index (χ1n) is 5.91. The summed E-state index contributed by atoms with van der Waals surface area (Å²) in [6, 6.07) is 6.53. The Labute approximate surface area is 109 Å². The Kier molecular flexibility index (Phi) is 3.66. The van der Waals surface area contributed by atoms with E-state index in [-0.39, 0.29) is 0 Å². The number of para-hydroxylation sites is 1. The number of hydrogen-bond donors (Lipinski definition) is 2. The van der Waals surface area contributed by atoms with E-state index in [0.29, 0.717) is 10.8 Å². The van der Waals surface area contributed by atoms with Gasteiger partial charge in [0.25, 0.3) is 0 Å². The highest BCUT2D eigenvalue weighted by Crippen LogP contribution is 2.04. The van der Waals surface area contributed by atoms with Gasteiger partial charge in [0.05, 0.1) is 5.22 Å². The number of primary amides is 1. The van der Waals surface area contributed by atoms with Crippen molar-refractivity contribution in [2.45, 2.75) is 13.3 Å². The molecule has 0 unspecified atom stereocenters. The maximum absolute atomic E-state index is 11.9. The lowest BCUT2D eigenvalue weighted by atomic mass is 10.1. The molecule has 5 nitrogen and oxygen atoms in total. The van der Waals surface area contributed by atoms with Crippen molar-refractivity contribution in [3.63, 3.8) is 0 Å². The third kappa shape index (κ3) is 2.65. The van der Waals surface area contributed by atoms with Crippen LogP contribution in [-0.2, 0) is 0 Å². The maximum atomic E-state index is 11.9. The van der Waals surface area contributed by atoms with Crippen molar-refractivity contribution in [3.05, 3.63) is 45.1 Å². The summed E-state index contributed by atoms with van der Waals surface area (Å²) in [7, 11) is 0. The van der Waals surface area contributed by atoms with Gasteiger partial charge >= 0.3 is 11.7 Å². The Morgan fingerprint density at radius 1 is 1.37 bits per heavy atom. The second-order valence-corrected chi connectivity index (χ2v) is 3.98. The summed E-state index contributed by atoms with van der Waals surface area (Å²) in [4.78, 5) is 22.7. The highest BCUT2D eigenvalue weighted by molar-refractivity contribution is 5.79. The molecule has 19 heavy (non-hydrogen) atoms. The van der Waals surface area contributed by atoms with Crippen LogP contribution in [0.15, 0.2) is 33.5 Å². The Hall–Kier alpha value is -2.56. The van der Waals surface area contributed by atoms with Crippen molar-refractivity contribution in [2.75, 3.05) is 0 Å². The number of benzene rings is 1. The number of nitrogens with two attached hydrogens (primary N) is 1. The molecule has 1 aromatic carbocycles. The quantitative estimate of drug-likeness (QED) is 0.764. The molecule has 0 saturated carbocycles. The van der Waals surface area contributed by atoms with Gasteiger partial charge in [-0.1, -0.05) is 31.2 Å². The number of urea groups is 1. The van der Waals surface area contributed by atoms with E-state index < -0.39 is 11.7 Å². The number of carbonyl (C=O) groups is 1. The first-order chi connectivity index (χ1) is 9.13. The lowest BCUT2D eigenvalue weighted by Crippen LogP contribution is -2.41. The molecule has 0 radical (unpaired) electrons. The average molecular weight is 258 g/mol. The van der Waals surface area contributed by atoms with E-state index in [1.54, 1.807) is 12.1 Å². The van der Waals surface area contributed by atoms with Crippen LogP contribution < -0.4 is 27.1 Å². The van der Waals surface area contributed by atoms with Crippen LogP contribution in [0.4, 0.5) is 4.79 Å². The zero-order valence-corrected chi connectivity index (χ0v) is 10.5. The highest BCUT2D eigenvalue weighted by Gasteiger charge is 2.02. The predicted octanol–water partition coefficient (Wildman–Crippen LogP) is 0.390. The summed E-state index contributed by atoms with van der Waals surface area (Å²) in [5.41, 5.74) is 5.01. The minimum atomic E-state index is -0.727. The van der Waals surface area contributed by atoms with Gasteiger partial charge in [0.1, 0.15) is 5.58 Å². The minimum absolute atomic E-state index is 0.291. The fourth-order valence-electron chi connectivity index (χ4n) is 1.89. The molecule has 0 aliphatic carbocycles. The summed E-state index contributed by atoms with van der Waals surface area (Å²) in [5.74, 6) is 0. The first-order valence-corrected chi connectivity index (χ1v) is 5.91. The summed E-state index contributed by atoms with van der Waals surface area (Å²) in [5, 5.41) is 4.15. The van der Waals surface area contributed by atoms with Gasteiger partial charge in [-0.25, -0.2) is 9.59 Å². The minimum Gasteiger partial charge on any atom is -0.422 e. The van der Waals surface area contributed by atoms with Crippen LogP contribution in [0, 0.1) is 0 Å². The Balaban J connectivity index is 2.90. The molecule has 98 valence electrons. The van der Waals surface area contributed by atoms with Crippen molar-refractivity contribution in [1.82, 2.24) is 5.32 Å². The van der Waals surface area contributed by atoms with E-state index >= 15 is 0 Å². The molecule has 0 saturated heterocycles. The molecule has 0 bridgehead atoms. The monoisotopic (exact) mass is 258 g/mol. The van der Waals surface area contributed by atoms with Crippen molar-refractivity contribution in [3.8, 4) is 0 Å². The van der Waals surface area contributed by atoms with Crippen LogP contribution in [0.5, 0.6) is 0 Å². The van der Waals surface area contributed by atoms with E-state index in [1.165, 1.54) is 6.20 Å². The smallest absolute Gasteiger partial charge is 0.345 e. The molecule has 0 fully saturated rings. The zero-order valence-electron chi connectivity index (χ0n) is 10.5. The molecule has 0 spiro atoms. The first kappa shape index (κ1) is 12.9. The van der Waals surface area contributed by atoms with E-state index in [0.717, 1.165) is 17.0 Å². The zero-order chi connectivity index (χ0) is 13.8. The van der Waals surface area contributed by atoms with Crippen molar-refractivity contribution < 1.29 is 9.21 Å². The summed E-state index contributed by atoms with van der Waals surface area (Å²) >= 11 is 0. The van der Waals surface area contributed by atoms with Crippen LogP contribution in [-0.4, -0.2) is 6.03 Å². The largest absolute Gasteiger partial charge is 0.422 e. The summed E-state index contributed by atoms with van der Waals surface area (Å²) in [6.45, 7) is 1.97. The van der Waals surface area contributed by atoms with E-state index in [9.17, 15) is 9.59 Å². The Bertz CT molecular complexity index is 790. The van der Waals surface area contributed by atoms with Crippen LogP contribution >= 0.6 is 0 Å². The second-order valence-electron chi connectivity index (χ2n) is 3.98. The lowest BCUT2D eigenvalue weighted by Gasteiger charge is -1.99. The Morgan fingerprint density at radius 3 is 2.79 bits per heavy atom. The fourth-order valence-corrected chi connectivity index (χ4v) is 1.89. The molecule has 1 heterocycles. The van der Waals surface area contributed by atoms with Gasteiger partial charge in [-0.15, -0.1) is 0 Å². The molecule has 2 aromatic rings. The predicted molar refractivity (Wildman–Crippen MR) is 73.7 cm³/mol. The molecule has 3 N–H and O–H groups in total. The van der Waals surface area contributed by atoms with E-state index in [1.807, 2.05) is 25.1 Å². The van der Waals surface area contributed by atoms with Crippen LogP contribution in [0.2, 0.25) is 0 Å². The van der Waals surface area contributed by atoms with Crippen molar-refractivity contribution in [1.29, 1.82) is 0 Å². The van der Waals surface area contributed by atoms with Gasteiger partial charge in [-0.05, 0) is 17.7 Å².